The first-order chi connectivity index (χ1) is 20.2. The van der Waals surface area contributed by atoms with Gasteiger partial charge in [0.2, 0.25) is 0 Å². The van der Waals surface area contributed by atoms with Gasteiger partial charge in [-0.2, -0.15) is 10.4 Å². The van der Waals surface area contributed by atoms with Crippen LogP contribution in [-0.4, -0.2) is 31.4 Å². The minimum atomic E-state index is -1.29. The van der Waals surface area contributed by atoms with Gasteiger partial charge in [0.15, 0.2) is 11.6 Å². The number of H-pyrrole nitrogens is 1. The Morgan fingerprint density at radius 2 is 1.88 bits per heavy atom. The summed E-state index contributed by atoms with van der Waals surface area (Å²) in [6.45, 7) is 1.46. The largest absolute Gasteiger partial charge is 0.496 e. The number of aromatic nitrogens is 5. The molecule has 0 aliphatic carbocycles. The molecule has 0 spiro atoms. The number of methoxy groups -OCH3 is 1. The van der Waals surface area contributed by atoms with Crippen LogP contribution in [-0.2, 0) is 6.54 Å². The Bertz CT molecular complexity index is 2230. The number of nitrogens with one attached hydrogen (secondary N) is 1. The van der Waals surface area contributed by atoms with Crippen LogP contribution in [0.5, 0.6) is 5.75 Å². The summed E-state index contributed by atoms with van der Waals surface area (Å²) < 4.78 is 36.4. The van der Waals surface area contributed by atoms with Crippen molar-refractivity contribution < 1.29 is 13.5 Å². The molecule has 3 aromatic heterocycles. The first-order valence-electron chi connectivity index (χ1n) is 12.5. The van der Waals surface area contributed by atoms with E-state index in [4.69, 9.17) is 16.3 Å². The van der Waals surface area contributed by atoms with Crippen LogP contribution in [0.1, 0.15) is 16.7 Å². The molecule has 0 saturated carbocycles. The number of hydrogen-bond donors (Lipinski definition) is 1. The zero-order chi connectivity index (χ0) is 29.7. The topological polar surface area (TPSA) is 119 Å². The molecule has 0 unspecified atom stereocenters. The summed E-state index contributed by atoms with van der Waals surface area (Å²) in [6.07, 6.45) is 4.58. The third kappa shape index (κ3) is 4.38. The zero-order valence-corrected chi connectivity index (χ0v) is 22.8. The van der Waals surface area contributed by atoms with E-state index in [1.54, 1.807) is 55.7 Å². The van der Waals surface area contributed by atoms with Crippen LogP contribution in [0.2, 0.25) is 5.02 Å². The van der Waals surface area contributed by atoms with Crippen LogP contribution >= 0.6 is 11.6 Å². The van der Waals surface area contributed by atoms with Crippen molar-refractivity contribution in [2.45, 2.75) is 13.5 Å². The first-order valence-corrected chi connectivity index (χ1v) is 12.9. The van der Waals surface area contributed by atoms with Crippen LogP contribution in [0.25, 0.3) is 38.6 Å². The molecule has 0 aliphatic heterocycles. The lowest BCUT2D eigenvalue weighted by molar-refractivity contribution is 0.419. The van der Waals surface area contributed by atoms with E-state index in [1.165, 1.54) is 17.9 Å². The quantitative estimate of drug-likeness (QED) is 0.295. The highest BCUT2D eigenvalue weighted by molar-refractivity contribution is 6.34. The second kappa shape index (κ2) is 10.2. The van der Waals surface area contributed by atoms with Gasteiger partial charge < -0.3 is 4.74 Å². The van der Waals surface area contributed by atoms with Gasteiger partial charge in [-0.3, -0.25) is 19.4 Å². The van der Waals surface area contributed by atoms with E-state index in [1.807, 2.05) is 0 Å². The van der Waals surface area contributed by atoms with E-state index in [0.29, 0.717) is 21.7 Å². The summed E-state index contributed by atoms with van der Waals surface area (Å²) in [5.74, 6) is -2.37. The molecule has 12 heteroatoms. The molecule has 0 saturated heterocycles. The van der Waals surface area contributed by atoms with E-state index in [9.17, 15) is 23.6 Å². The Morgan fingerprint density at radius 3 is 2.62 bits per heavy atom. The van der Waals surface area contributed by atoms with E-state index in [-0.39, 0.29) is 34.4 Å². The minimum Gasteiger partial charge on any atom is -0.496 e. The standard InChI is InChI=1S/C30H19ClF2N6O3/c1-15-3-20(13-35-11-15)39-29(40)27-25(38(30(39)41)14-16-4-18(10-34)28(33)23(32)5-16)7-17(8-26(27)42-2)21-6-19-12-36-37-24(19)9-22(21)31/h3-9,11-13H,14H2,1-2H3,(H,36,37). The summed E-state index contributed by atoms with van der Waals surface area (Å²) in [5, 5.41) is 17.4. The normalized spacial score (nSPS) is 11.2. The van der Waals surface area contributed by atoms with Crippen LogP contribution in [0.15, 0.2) is 70.6 Å². The number of nitriles is 1. The Hall–Kier alpha value is -5.34. The number of fused-ring (bicyclic) bond motifs is 2. The lowest BCUT2D eigenvalue weighted by Crippen LogP contribution is -2.39. The fourth-order valence-corrected chi connectivity index (χ4v) is 5.27. The Balaban J connectivity index is 1.71. The highest BCUT2D eigenvalue weighted by atomic mass is 35.5. The van der Waals surface area contributed by atoms with Crippen molar-refractivity contribution in [3.05, 3.63) is 115 Å². The number of aromatic amines is 1. The molecule has 0 aliphatic rings. The van der Waals surface area contributed by atoms with Gasteiger partial charge in [-0.1, -0.05) is 11.6 Å². The third-order valence-electron chi connectivity index (χ3n) is 6.94. The zero-order valence-electron chi connectivity index (χ0n) is 22.1. The highest BCUT2D eigenvalue weighted by Crippen LogP contribution is 2.36. The van der Waals surface area contributed by atoms with Gasteiger partial charge in [-0.25, -0.2) is 18.1 Å². The Morgan fingerprint density at radius 1 is 1.07 bits per heavy atom. The van der Waals surface area contributed by atoms with Crippen molar-refractivity contribution in [3.63, 3.8) is 0 Å². The molecule has 0 radical (unpaired) electrons. The van der Waals surface area contributed by atoms with Gasteiger partial charge in [0, 0.05) is 17.1 Å². The lowest BCUT2D eigenvalue weighted by Gasteiger charge is -2.18. The van der Waals surface area contributed by atoms with Crippen LogP contribution in [0.4, 0.5) is 8.78 Å². The number of nitrogens with zero attached hydrogens (tertiary/aromatic N) is 5. The predicted octanol–water partition coefficient (Wildman–Crippen LogP) is 5.26. The Kier molecular flexibility index (Phi) is 6.55. The number of aryl methyl sites for hydroxylation is 1. The smallest absolute Gasteiger partial charge is 0.336 e. The maximum absolute atomic E-state index is 14.4. The number of benzene rings is 3. The molecule has 0 fully saturated rings. The molecule has 1 N–H and O–H groups in total. The number of ether oxygens (including phenoxy) is 1. The maximum atomic E-state index is 14.4. The van der Waals surface area contributed by atoms with Gasteiger partial charge >= 0.3 is 5.69 Å². The number of hydrogen-bond acceptors (Lipinski definition) is 6. The van der Waals surface area contributed by atoms with Crippen molar-refractivity contribution in [1.82, 2.24) is 24.3 Å². The summed E-state index contributed by atoms with van der Waals surface area (Å²) in [4.78, 5) is 32.1. The van der Waals surface area contributed by atoms with E-state index >= 15 is 0 Å². The third-order valence-corrected chi connectivity index (χ3v) is 7.25. The monoisotopic (exact) mass is 584 g/mol. The van der Waals surface area contributed by atoms with E-state index in [2.05, 4.69) is 15.2 Å². The minimum absolute atomic E-state index is 0.0611. The van der Waals surface area contributed by atoms with Crippen molar-refractivity contribution in [2.24, 2.45) is 0 Å². The van der Waals surface area contributed by atoms with Gasteiger partial charge in [0.05, 0.1) is 53.4 Å². The molecule has 9 nitrogen and oxygen atoms in total. The molecule has 6 aromatic rings. The predicted molar refractivity (Wildman–Crippen MR) is 153 cm³/mol. The molecule has 3 heterocycles. The average molecular weight is 585 g/mol. The fourth-order valence-electron chi connectivity index (χ4n) is 5.00. The number of halogens is 3. The summed E-state index contributed by atoms with van der Waals surface area (Å²) in [6, 6.07) is 12.1. The summed E-state index contributed by atoms with van der Waals surface area (Å²) in [5.41, 5.74) is 1.08. The SMILES string of the molecule is COc1cc(-c2cc3cn[nH]c3cc2Cl)cc2c1c(=O)n(-c1cncc(C)c1)c(=O)n2Cc1cc(F)c(F)c(C#N)c1. The Labute approximate surface area is 240 Å². The van der Waals surface area contributed by atoms with Crippen LogP contribution < -0.4 is 16.0 Å². The van der Waals surface area contributed by atoms with Crippen molar-refractivity contribution >= 4 is 33.4 Å². The maximum Gasteiger partial charge on any atom is 0.336 e. The molecular formula is C30H19ClF2N6O3. The van der Waals surface area contributed by atoms with Gasteiger partial charge in [-0.15, -0.1) is 0 Å². The molecule has 0 bridgehead atoms. The van der Waals surface area contributed by atoms with Crippen molar-refractivity contribution in [1.29, 1.82) is 5.26 Å². The molecule has 0 atom stereocenters. The molecule has 42 heavy (non-hydrogen) atoms. The number of rotatable bonds is 5. The molecule has 0 amide bonds. The van der Waals surface area contributed by atoms with Crippen LogP contribution in [0.3, 0.4) is 0 Å². The van der Waals surface area contributed by atoms with Gasteiger partial charge in [0.25, 0.3) is 5.56 Å². The molecule has 208 valence electrons. The number of pyridine rings is 1. The van der Waals surface area contributed by atoms with E-state index < -0.39 is 28.4 Å². The average Bonchev–Trinajstić information content (AvgIpc) is 3.43. The fraction of sp³-hybridized carbons (Fsp3) is 0.100. The summed E-state index contributed by atoms with van der Waals surface area (Å²) in [7, 11) is 1.39. The molecular weight excluding hydrogens is 566 g/mol. The summed E-state index contributed by atoms with van der Waals surface area (Å²) >= 11 is 6.62. The molecule has 3 aromatic carbocycles. The van der Waals surface area contributed by atoms with Gasteiger partial charge in [-0.05, 0) is 66.1 Å². The second-order valence-electron chi connectivity index (χ2n) is 9.64. The van der Waals surface area contributed by atoms with Crippen molar-refractivity contribution in [3.8, 4) is 28.6 Å². The highest BCUT2D eigenvalue weighted by Gasteiger charge is 2.22. The molecule has 6 rings (SSSR count). The van der Waals surface area contributed by atoms with E-state index in [0.717, 1.165) is 27.6 Å². The second-order valence-corrected chi connectivity index (χ2v) is 10.0. The van der Waals surface area contributed by atoms with Crippen LogP contribution in [0, 0.1) is 29.9 Å². The van der Waals surface area contributed by atoms with Gasteiger partial charge in [0.1, 0.15) is 17.2 Å². The first kappa shape index (κ1) is 26.9. The van der Waals surface area contributed by atoms with Crippen molar-refractivity contribution in [2.75, 3.05) is 7.11 Å². The lowest BCUT2D eigenvalue weighted by atomic mass is 10.0.